The standard InChI is InChI=1S/C20H11NO2/c1-21-17(20(22)23)11-15-8-7-14-6-5-12-3-2-4-13-9-10-16(15)19(14)18(12)13/h2-11H,(H,22,23)/b17-11-. The Kier molecular flexibility index (Phi) is 2.79. The van der Waals surface area contributed by atoms with E-state index in [0.29, 0.717) is 0 Å². The highest BCUT2D eigenvalue weighted by Crippen LogP contribution is 2.36. The first kappa shape index (κ1) is 13.3. The fraction of sp³-hybridized carbons (Fsp3) is 0. The third kappa shape index (κ3) is 1.93. The molecular formula is C20H11NO2. The van der Waals surface area contributed by atoms with Crippen molar-refractivity contribution in [1.29, 1.82) is 0 Å². The molecule has 0 saturated carbocycles. The molecular weight excluding hydrogens is 286 g/mol. The van der Waals surface area contributed by atoms with Gasteiger partial charge in [0.15, 0.2) is 0 Å². The van der Waals surface area contributed by atoms with Gasteiger partial charge in [-0.1, -0.05) is 54.6 Å². The van der Waals surface area contributed by atoms with Crippen LogP contribution in [0.5, 0.6) is 0 Å². The molecule has 1 N–H and O–H groups in total. The highest BCUT2D eigenvalue weighted by Gasteiger charge is 2.12. The van der Waals surface area contributed by atoms with Crippen LogP contribution in [0.4, 0.5) is 0 Å². The molecule has 0 saturated heterocycles. The molecule has 23 heavy (non-hydrogen) atoms. The minimum atomic E-state index is -1.20. The van der Waals surface area contributed by atoms with Crippen LogP contribution < -0.4 is 0 Å². The van der Waals surface area contributed by atoms with Crippen molar-refractivity contribution in [3.8, 4) is 0 Å². The third-order valence-electron chi connectivity index (χ3n) is 4.19. The molecule has 3 nitrogen and oxygen atoms in total. The van der Waals surface area contributed by atoms with Crippen molar-refractivity contribution in [3.63, 3.8) is 0 Å². The first-order valence-electron chi connectivity index (χ1n) is 7.18. The summed E-state index contributed by atoms with van der Waals surface area (Å²) in [6.45, 7) is 7.03. The van der Waals surface area contributed by atoms with Gasteiger partial charge >= 0.3 is 5.97 Å². The molecule has 0 heterocycles. The van der Waals surface area contributed by atoms with Gasteiger partial charge in [0, 0.05) is 0 Å². The fourth-order valence-corrected chi connectivity index (χ4v) is 3.17. The Morgan fingerprint density at radius 2 is 1.52 bits per heavy atom. The summed E-state index contributed by atoms with van der Waals surface area (Å²) in [6, 6.07) is 18.2. The van der Waals surface area contributed by atoms with Crippen molar-refractivity contribution < 1.29 is 9.90 Å². The van der Waals surface area contributed by atoms with Gasteiger partial charge in [-0.25, -0.2) is 4.85 Å². The monoisotopic (exact) mass is 297 g/mol. The van der Waals surface area contributed by atoms with Crippen molar-refractivity contribution in [2.45, 2.75) is 0 Å². The molecule has 0 aliphatic rings. The maximum atomic E-state index is 11.1. The van der Waals surface area contributed by atoms with Gasteiger partial charge in [-0.15, -0.1) is 0 Å². The van der Waals surface area contributed by atoms with Gasteiger partial charge in [-0.2, -0.15) is 0 Å². The predicted molar refractivity (Wildman–Crippen MR) is 92.4 cm³/mol. The smallest absolute Gasteiger partial charge is 0.333 e. The number of aliphatic carboxylic acids is 1. The van der Waals surface area contributed by atoms with Crippen molar-refractivity contribution in [1.82, 2.24) is 0 Å². The molecule has 0 amide bonds. The quantitative estimate of drug-likeness (QED) is 0.324. The Balaban J connectivity index is 2.16. The Morgan fingerprint density at radius 3 is 2.17 bits per heavy atom. The Labute approximate surface area is 132 Å². The zero-order valence-corrected chi connectivity index (χ0v) is 12.1. The number of nitrogens with zero attached hydrogens (tertiary/aromatic N) is 1. The zero-order valence-electron chi connectivity index (χ0n) is 12.1. The summed E-state index contributed by atoms with van der Waals surface area (Å²) < 4.78 is 0. The van der Waals surface area contributed by atoms with Gasteiger partial charge in [0.05, 0.1) is 6.57 Å². The number of hydrogen-bond acceptors (Lipinski definition) is 1. The second-order valence-corrected chi connectivity index (χ2v) is 5.46. The minimum absolute atomic E-state index is 0.278. The summed E-state index contributed by atoms with van der Waals surface area (Å²) in [5, 5.41) is 15.8. The number of carbonyl (C=O) groups is 1. The van der Waals surface area contributed by atoms with E-state index in [1.165, 1.54) is 11.5 Å². The van der Waals surface area contributed by atoms with Crippen molar-refractivity contribution in [3.05, 3.63) is 77.3 Å². The van der Waals surface area contributed by atoms with Gasteiger partial charge in [0.25, 0.3) is 5.70 Å². The van der Waals surface area contributed by atoms with Gasteiger partial charge in [0.2, 0.25) is 0 Å². The largest absolute Gasteiger partial charge is 0.486 e. The van der Waals surface area contributed by atoms with Crippen LogP contribution in [0.1, 0.15) is 5.56 Å². The lowest BCUT2D eigenvalue weighted by Crippen LogP contribution is -1.96. The molecule has 108 valence electrons. The molecule has 4 aromatic carbocycles. The highest BCUT2D eigenvalue weighted by molar-refractivity contribution is 6.24. The lowest BCUT2D eigenvalue weighted by molar-refractivity contribution is -0.132. The minimum Gasteiger partial charge on any atom is -0.486 e. The Bertz CT molecular complexity index is 1130. The van der Waals surface area contributed by atoms with E-state index in [2.05, 4.69) is 29.1 Å². The first-order valence-corrected chi connectivity index (χ1v) is 7.18. The Hall–Kier alpha value is -3.38. The van der Waals surface area contributed by atoms with Crippen LogP contribution in [-0.4, -0.2) is 11.1 Å². The molecule has 0 unspecified atom stereocenters. The lowest BCUT2D eigenvalue weighted by atomic mass is 9.92. The molecule has 0 aromatic heterocycles. The lowest BCUT2D eigenvalue weighted by Gasteiger charge is -2.12. The van der Waals surface area contributed by atoms with E-state index in [9.17, 15) is 4.79 Å². The molecule has 0 bridgehead atoms. The van der Waals surface area contributed by atoms with Crippen LogP contribution in [-0.2, 0) is 4.79 Å². The van der Waals surface area contributed by atoms with Crippen molar-refractivity contribution in [2.75, 3.05) is 0 Å². The topological polar surface area (TPSA) is 41.7 Å². The van der Waals surface area contributed by atoms with E-state index in [-0.39, 0.29) is 5.70 Å². The number of benzene rings is 4. The maximum absolute atomic E-state index is 11.1. The summed E-state index contributed by atoms with van der Waals surface area (Å²) in [4.78, 5) is 14.2. The van der Waals surface area contributed by atoms with E-state index in [0.717, 1.165) is 32.5 Å². The number of carboxylic acids is 1. The molecule has 0 aliphatic carbocycles. The van der Waals surface area contributed by atoms with Crippen molar-refractivity contribution in [2.24, 2.45) is 0 Å². The average molecular weight is 297 g/mol. The number of carboxylic acid groups (broad SMARTS) is 1. The van der Waals surface area contributed by atoms with E-state index in [1.54, 1.807) is 0 Å². The number of hydrogen-bond donors (Lipinski definition) is 1. The second-order valence-electron chi connectivity index (χ2n) is 5.46. The summed E-state index contributed by atoms with van der Waals surface area (Å²) in [7, 11) is 0. The zero-order chi connectivity index (χ0) is 16.0. The van der Waals surface area contributed by atoms with Crippen LogP contribution in [0.2, 0.25) is 0 Å². The van der Waals surface area contributed by atoms with Crippen LogP contribution in [0.25, 0.3) is 43.2 Å². The normalized spacial score (nSPS) is 12.0. The van der Waals surface area contributed by atoms with Crippen molar-refractivity contribution >= 4 is 44.4 Å². The van der Waals surface area contributed by atoms with Gasteiger partial charge < -0.3 is 5.11 Å². The Morgan fingerprint density at radius 1 is 0.913 bits per heavy atom. The van der Waals surface area contributed by atoms with Crippen LogP contribution in [0.3, 0.4) is 0 Å². The molecule has 4 rings (SSSR count). The van der Waals surface area contributed by atoms with Gasteiger partial charge in [-0.3, -0.25) is 4.79 Å². The predicted octanol–water partition coefficient (Wildman–Crippen LogP) is 4.93. The maximum Gasteiger partial charge on any atom is 0.333 e. The molecule has 0 fully saturated rings. The van der Waals surface area contributed by atoms with Crippen LogP contribution in [0.15, 0.2) is 60.3 Å². The van der Waals surface area contributed by atoms with E-state index in [1.807, 2.05) is 30.3 Å². The summed E-state index contributed by atoms with van der Waals surface area (Å²) in [5.74, 6) is -1.20. The van der Waals surface area contributed by atoms with E-state index >= 15 is 0 Å². The molecule has 4 aromatic rings. The van der Waals surface area contributed by atoms with Gasteiger partial charge in [-0.05, 0) is 44.0 Å². The average Bonchev–Trinajstić information content (AvgIpc) is 2.58. The molecule has 3 heteroatoms. The molecule has 0 atom stereocenters. The van der Waals surface area contributed by atoms with Crippen LogP contribution in [0, 0.1) is 6.57 Å². The molecule has 0 radical (unpaired) electrons. The summed E-state index contributed by atoms with van der Waals surface area (Å²) >= 11 is 0. The number of rotatable bonds is 2. The molecule has 0 aliphatic heterocycles. The highest BCUT2D eigenvalue weighted by atomic mass is 16.4. The van der Waals surface area contributed by atoms with E-state index < -0.39 is 5.97 Å². The van der Waals surface area contributed by atoms with Crippen LogP contribution >= 0.6 is 0 Å². The fourth-order valence-electron chi connectivity index (χ4n) is 3.17. The second kappa shape index (κ2) is 4.82. The van der Waals surface area contributed by atoms with E-state index in [4.69, 9.17) is 11.7 Å². The summed E-state index contributed by atoms with van der Waals surface area (Å²) in [6.07, 6.45) is 1.45. The third-order valence-corrected chi connectivity index (χ3v) is 4.19. The molecule has 0 spiro atoms. The summed E-state index contributed by atoms with van der Waals surface area (Å²) in [5.41, 5.74) is 0.476. The SMILES string of the molecule is [C-]#[N+]/C(=C\c1ccc2ccc3cccc4ccc1c2c34)C(=O)O. The van der Waals surface area contributed by atoms with Gasteiger partial charge in [0.1, 0.15) is 0 Å². The first-order chi connectivity index (χ1) is 11.2.